The van der Waals surface area contributed by atoms with Crippen molar-refractivity contribution in [3.63, 3.8) is 0 Å². The molecule has 0 saturated heterocycles. The lowest BCUT2D eigenvalue weighted by molar-refractivity contribution is -0.146. The molecule has 0 saturated carbocycles. The fourth-order valence-corrected chi connectivity index (χ4v) is 3.28. The first kappa shape index (κ1) is 18.9. The largest absolute Gasteiger partial charge is 0.480 e. The molecule has 0 amide bonds. The molecule has 3 aromatic carbocycles. The van der Waals surface area contributed by atoms with Crippen LogP contribution in [-0.4, -0.2) is 28.3 Å². The molecule has 0 aromatic heterocycles. The average Bonchev–Trinajstić information content (AvgIpc) is 2.89. The Balaban J connectivity index is 2.06. The standard InChI is InChI=1S/C27H26F3NO3/c1-18-20(9-6-10-23(18)21-7-4-3-5-8-21)12-13-22-15-19(11-14-24(22)27(28,29)30)16-31-26(2,17-32)25(33)34/h3-15,31-32H,16-17H2,1-2H3,(H,33,34)/b13-12+/i3D,4D,5D,7D,8D. The van der Waals surface area contributed by atoms with E-state index in [1.165, 1.54) is 31.2 Å². The minimum Gasteiger partial charge on any atom is -0.480 e. The van der Waals surface area contributed by atoms with Crippen LogP contribution in [0, 0.1) is 6.92 Å². The second-order valence-corrected chi connectivity index (χ2v) is 7.92. The summed E-state index contributed by atoms with van der Waals surface area (Å²) in [6.45, 7) is 2.06. The number of nitrogens with one attached hydrogen (secondary N) is 1. The smallest absolute Gasteiger partial charge is 0.416 e. The Morgan fingerprint density at radius 2 is 1.76 bits per heavy atom. The van der Waals surface area contributed by atoms with E-state index < -0.39 is 48.0 Å². The van der Waals surface area contributed by atoms with Crippen LogP contribution in [0.25, 0.3) is 23.3 Å². The molecule has 3 N–H and O–H groups in total. The highest BCUT2D eigenvalue weighted by Gasteiger charge is 2.34. The summed E-state index contributed by atoms with van der Waals surface area (Å²) in [6, 6.07) is 5.87. The van der Waals surface area contributed by atoms with Gasteiger partial charge >= 0.3 is 12.1 Å². The Morgan fingerprint density at radius 3 is 2.38 bits per heavy atom. The minimum absolute atomic E-state index is 0.0110. The topological polar surface area (TPSA) is 69.6 Å². The van der Waals surface area contributed by atoms with E-state index >= 15 is 0 Å². The highest BCUT2D eigenvalue weighted by Crippen LogP contribution is 2.34. The second kappa shape index (κ2) is 10.2. The zero-order valence-corrected chi connectivity index (χ0v) is 18.5. The van der Waals surface area contributed by atoms with Crippen LogP contribution in [0.1, 0.15) is 41.6 Å². The van der Waals surface area contributed by atoms with E-state index in [-0.39, 0.29) is 29.8 Å². The minimum atomic E-state index is -4.67. The third-order valence-corrected chi connectivity index (χ3v) is 5.48. The molecule has 178 valence electrons. The number of carboxylic acids is 1. The normalized spacial score (nSPS) is 15.8. The summed E-state index contributed by atoms with van der Waals surface area (Å²) in [5, 5.41) is 21.3. The average molecular weight is 475 g/mol. The van der Waals surface area contributed by atoms with Crippen LogP contribution < -0.4 is 5.32 Å². The van der Waals surface area contributed by atoms with E-state index in [9.17, 15) is 28.2 Å². The van der Waals surface area contributed by atoms with Crippen molar-refractivity contribution in [2.24, 2.45) is 0 Å². The number of benzene rings is 3. The number of halogens is 3. The predicted octanol–water partition coefficient (Wildman–Crippen LogP) is 5.78. The van der Waals surface area contributed by atoms with E-state index in [1.54, 1.807) is 25.1 Å². The van der Waals surface area contributed by atoms with Crippen molar-refractivity contribution in [2.75, 3.05) is 6.61 Å². The fraction of sp³-hybridized carbons (Fsp3) is 0.222. The molecular weight excluding hydrogens is 443 g/mol. The van der Waals surface area contributed by atoms with Gasteiger partial charge in [0.15, 0.2) is 0 Å². The molecule has 7 heteroatoms. The lowest BCUT2D eigenvalue weighted by Crippen LogP contribution is -2.52. The third kappa shape index (κ3) is 5.73. The molecule has 0 aliphatic rings. The van der Waals surface area contributed by atoms with Gasteiger partial charge in [-0.05, 0) is 59.4 Å². The molecule has 4 nitrogen and oxygen atoms in total. The molecule has 0 heterocycles. The van der Waals surface area contributed by atoms with Gasteiger partial charge in [-0.1, -0.05) is 66.6 Å². The first-order valence-electron chi connectivity index (χ1n) is 12.8. The van der Waals surface area contributed by atoms with Crippen molar-refractivity contribution in [1.29, 1.82) is 0 Å². The maximum absolute atomic E-state index is 13.8. The van der Waals surface area contributed by atoms with Crippen LogP contribution in [-0.2, 0) is 17.5 Å². The lowest BCUT2D eigenvalue weighted by Gasteiger charge is -2.24. The Bertz CT molecular complexity index is 1430. The van der Waals surface area contributed by atoms with Crippen molar-refractivity contribution in [3.05, 3.63) is 94.4 Å². The van der Waals surface area contributed by atoms with Gasteiger partial charge in [-0.25, -0.2) is 0 Å². The molecule has 0 aliphatic carbocycles. The summed E-state index contributed by atoms with van der Waals surface area (Å²) in [4.78, 5) is 11.4. The summed E-state index contributed by atoms with van der Waals surface area (Å²) in [5.74, 6) is -1.31. The highest BCUT2D eigenvalue weighted by molar-refractivity contribution is 5.79. The van der Waals surface area contributed by atoms with Crippen LogP contribution >= 0.6 is 0 Å². The molecule has 3 aromatic rings. The molecule has 34 heavy (non-hydrogen) atoms. The number of rotatable bonds is 8. The van der Waals surface area contributed by atoms with E-state index in [0.29, 0.717) is 22.3 Å². The Kier molecular flexibility index (Phi) is 5.70. The van der Waals surface area contributed by atoms with Crippen molar-refractivity contribution < 1.29 is 35.0 Å². The summed E-state index contributed by atoms with van der Waals surface area (Å²) in [7, 11) is 0. The van der Waals surface area contributed by atoms with Crippen molar-refractivity contribution in [1.82, 2.24) is 5.32 Å². The van der Waals surface area contributed by atoms with Crippen LogP contribution in [0.2, 0.25) is 0 Å². The monoisotopic (exact) mass is 474 g/mol. The van der Waals surface area contributed by atoms with E-state index in [1.807, 2.05) is 0 Å². The lowest BCUT2D eigenvalue weighted by atomic mass is 9.95. The quantitative estimate of drug-likeness (QED) is 0.362. The van der Waals surface area contributed by atoms with Gasteiger partial charge in [-0.15, -0.1) is 0 Å². The number of alkyl halides is 3. The molecule has 0 radical (unpaired) electrons. The first-order valence-corrected chi connectivity index (χ1v) is 10.3. The van der Waals surface area contributed by atoms with Crippen LogP contribution in [0.5, 0.6) is 0 Å². The van der Waals surface area contributed by atoms with Gasteiger partial charge in [0.2, 0.25) is 0 Å². The van der Waals surface area contributed by atoms with Crippen molar-refractivity contribution >= 4 is 18.1 Å². The number of hydrogen-bond acceptors (Lipinski definition) is 3. The van der Waals surface area contributed by atoms with Crippen molar-refractivity contribution in [3.8, 4) is 11.1 Å². The summed E-state index contributed by atoms with van der Waals surface area (Å²) >= 11 is 0. The predicted molar refractivity (Wildman–Crippen MR) is 127 cm³/mol. The molecule has 3 rings (SSSR count). The van der Waals surface area contributed by atoms with Crippen LogP contribution in [0.4, 0.5) is 13.2 Å². The van der Waals surface area contributed by atoms with Gasteiger partial charge in [0.1, 0.15) is 5.54 Å². The zero-order valence-electron chi connectivity index (χ0n) is 23.5. The molecule has 0 aliphatic heterocycles. The van der Waals surface area contributed by atoms with E-state index in [4.69, 9.17) is 6.85 Å². The number of aliphatic hydroxyl groups excluding tert-OH is 1. The van der Waals surface area contributed by atoms with Crippen LogP contribution in [0.3, 0.4) is 0 Å². The van der Waals surface area contributed by atoms with Gasteiger partial charge in [0.25, 0.3) is 0 Å². The summed E-state index contributed by atoms with van der Waals surface area (Å²) < 4.78 is 81.4. The Labute approximate surface area is 203 Å². The molecule has 0 bridgehead atoms. The maximum atomic E-state index is 13.8. The van der Waals surface area contributed by atoms with Gasteiger partial charge in [-0.2, -0.15) is 13.2 Å². The molecule has 0 fully saturated rings. The summed E-state index contributed by atoms with van der Waals surface area (Å²) in [6.07, 6.45) is -1.98. The van der Waals surface area contributed by atoms with Gasteiger partial charge < -0.3 is 10.2 Å². The number of aliphatic hydroxyl groups is 1. The SMILES string of the molecule is [2H]c1c([2H])c([2H])c(-c2cccc(/C=C/c3cc(CNC(C)(CO)C(=O)O)ccc3C(F)(F)F)c2C)c([2H])c1[2H]. The van der Waals surface area contributed by atoms with Gasteiger partial charge in [-0.3, -0.25) is 10.1 Å². The Hall–Kier alpha value is -3.42. The van der Waals surface area contributed by atoms with E-state index in [0.717, 1.165) is 6.07 Å². The zero-order chi connectivity index (χ0) is 29.3. The van der Waals surface area contributed by atoms with Gasteiger partial charge in [0.05, 0.1) is 19.0 Å². The van der Waals surface area contributed by atoms with Crippen LogP contribution in [0.15, 0.2) is 66.6 Å². The number of hydrogen-bond donors (Lipinski definition) is 3. The number of carboxylic acid groups (broad SMARTS) is 1. The highest BCUT2D eigenvalue weighted by atomic mass is 19.4. The molecule has 0 spiro atoms. The summed E-state index contributed by atoms with van der Waals surface area (Å²) in [5.41, 5.74) is -1.12. The number of carbonyl (C=O) groups is 1. The first-order chi connectivity index (χ1) is 18.1. The van der Waals surface area contributed by atoms with E-state index in [2.05, 4.69) is 5.32 Å². The Morgan fingerprint density at radius 1 is 1.09 bits per heavy atom. The maximum Gasteiger partial charge on any atom is 0.416 e. The van der Waals surface area contributed by atoms with Crippen molar-refractivity contribution in [2.45, 2.75) is 32.1 Å². The fourth-order valence-electron chi connectivity index (χ4n) is 3.28. The third-order valence-electron chi connectivity index (χ3n) is 5.48. The molecule has 1 atom stereocenters. The second-order valence-electron chi connectivity index (χ2n) is 7.92. The molecular formula is C27H26F3NO3. The molecule has 1 unspecified atom stereocenters. The van der Waals surface area contributed by atoms with Gasteiger partial charge in [0, 0.05) is 6.54 Å². The number of aliphatic carboxylic acids is 1.